The molecule has 262 valence electrons. The average Bonchev–Trinajstić information content (AvgIpc) is 3.78. The van der Waals surface area contributed by atoms with Gasteiger partial charge in [0, 0.05) is 32.9 Å². The molecule has 2 nitrogen and oxygen atoms in total. The third-order valence-corrected chi connectivity index (χ3v) is 11.3. The minimum absolute atomic E-state index is 1.14. The Balaban J connectivity index is 1.04. The van der Waals surface area contributed by atoms with Gasteiger partial charge in [0.1, 0.15) is 0 Å². The van der Waals surface area contributed by atoms with Gasteiger partial charge in [-0.1, -0.05) is 158 Å². The zero-order valence-electron chi connectivity index (χ0n) is 30.7. The summed E-state index contributed by atoms with van der Waals surface area (Å²) in [4.78, 5) is 0. The third kappa shape index (κ3) is 5.34. The first-order chi connectivity index (χ1) is 27.8. The number of benzene rings is 9. The summed E-state index contributed by atoms with van der Waals surface area (Å²) in [5.41, 5.74) is 16.8. The van der Waals surface area contributed by atoms with Crippen molar-refractivity contribution in [2.24, 2.45) is 0 Å². The fourth-order valence-electron chi connectivity index (χ4n) is 8.61. The molecular weight excluding hydrogens is 677 g/mol. The minimum Gasteiger partial charge on any atom is -0.309 e. The van der Waals surface area contributed by atoms with Crippen molar-refractivity contribution in [3.05, 3.63) is 218 Å². The van der Waals surface area contributed by atoms with E-state index in [2.05, 4.69) is 228 Å². The van der Waals surface area contributed by atoms with Crippen molar-refractivity contribution in [1.29, 1.82) is 0 Å². The maximum atomic E-state index is 2.43. The van der Waals surface area contributed by atoms with Crippen LogP contribution in [0.3, 0.4) is 0 Å². The topological polar surface area (TPSA) is 9.86 Å². The highest BCUT2D eigenvalue weighted by Gasteiger charge is 2.18. The second kappa shape index (κ2) is 13.2. The molecule has 2 aromatic heterocycles. The molecule has 2 heteroatoms. The maximum absolute atomic E-state index is 2.43. The molecule has 56 heavy (non-hydrogen) atoms. The van der Waals surface area contributed by atoms with Gasteiger partial charge >= 0.3 is 0 Å². The lowest BCUT2D eigenvalue weighted by molar-refractivity contribution is 1.16. The lowest BCUT2D eigenvalue weighted by Crippen LogP contribution is -1.96. The molecule has 2 heterocycles. The van der Waals surface area contributed by atoms with Crippen molar-refractivity contribution in [3.8, 4) is 55.9 Å². The molecule has 0 spiro atoms. The summed E-state index contributed by atoms with van der Waals surface area (Å²) in [5.74, 6) is 0. The first kappa shape index (κ1) is 32.0. The van der Waals surface area contributed by atoms with Crippen LogP contribution in [0.4, 0.5) is 0 Å². The Morgan fingerprint density at radius 3 is 0.946 bits per heavy atom. The van der Waals surface area contributed by atoms with Gasteiger partial charge in [-0.2, -0.15) is 0 Å². The molecule has 0 aliphatic carbocycles. The van der Waals surface area contributed by atoms with Crippen molar-refractivity contribution in [3.63, 3.8) is 0 Å². The van der Waals surface area contributed by atoms with Crippen LogP contribution in [0.25, 0.3) is 99.5 Å². The molecule has 9 aromatic carbocycles. The van der Waals surface area contributed by atoms with E-state index in [1.54, 1.807) is 0 Å². The molecule has 0 N–H and O–H groups in total. The molecule has 0 radical (unpaired) electrons. The quantitative estimate of drug-likeness (QED) is 0.162. The fourth-order valence-corrected chi connectivity index (χ4v) is 8.61. The predicted octanol–water partition coefficient (Wildman–Crippen LogP) is 14.5. The Morgan fingerprint density at radius 2 is 0.536 bits per heavy atom. The predicted molar refractivity (Wildman–Crippen MR) is 237 cm³/mol. The first-order valence-corrected chi connectivity index (χ1v) is 19.3. The van der Waals surface area contributed by atoms with Crippen LogP contribution in [0.15, 0.2) is 218 Å². The van der Waals surface area contributed by atoms with E-state index in [0.29, 0.717) is 0 Å². The highest BCUT2D eigenvalue weighted by atomic mass is 15.0. The first-order valence-electron chi connectivity index (χ1n) is 19.3. The van der Waals surface area contributed by atoms with Crippen molar-refractivity contribution >= 4 is 43.6 Å². The van der Waals surface area contributed by atoms with Gasteiger partial charge in [-0.25, -0.2) is 0 Å². The van der Waals surface area contributed by atoms with Crippen molar-refractivity contribution in [1.82, 2.24) is 9.13 Å². The Labute approximate surface area is 325 Å². The van der Waals surface area contributed by atoms with E-state index in [1.807, 2.05) is 0 Å². The molecule has 0 unspecified atom stereocenters. The van der Waals surface area contributed by atoms with Crippen LogP contribution in [-0.4, -0.2) is 9.13 Å². The van der Waals surface area contributed by atoms with Gasteiger partial charge < -0.3 is 9.13 Å². The van der Waals surface area contributed by atoms with Crippen LogP contribution in [-0.2, 0) is 0 Å². The Hall–Kier alpha value is -7.42. The molecule has 0 bridgehead atoms. The largest absolute Gasteiger partial charge is 0.309 e. The van der Waals surface area contributed by atoms with E-state index < -0.39 is 0 Å². The summed E-state index contributed by atoms with van der Waals surface area (Å²) in [6.07, 6.45) is 0. The van der Waals surface area contributed by atoms with Gasteiger partial charge in [0.2, 0.25) is 0 Å². The number of aromatic nitrogens is 2. The van der Waals surface area contributed by atoms with Gasteiger partial charge in [-0.3, -0.25) is 0 Å². The molecule has 0 aliphatic heterocycles. The second-order valence-corrected chi connectivity index (χ2v) is 14.6. The van der Waals surface area contributed by atoms with Crippen LogP contribution >= 0.6 is 0 Å². The maximum Gasteiger partial charge on any atom is 0.0562 e. The van der Waals surface area contributed by atoms with E-state index in [0.717, 1.165) is 11.4 Å². The highest BCUT2D eigenvalue weighted by Crippen LogP contribution is 2.40. The van der Waals surface area contributed by atoms with Crippen LogP contribution in [0, 0.1) is 0 Å². The van der Waals surface area contributed by atoms with Crippen LogP contribution in [0.2, 0.25) is 0 Å². The normalized spacial score (nSPS) is 11.6. The van der Waals surface area contributed by atoms with Crippen LogP contribution in [0.1, 0.15) is 0 Å². The monoisotopic (exact) mass is 712 g/mol. The Morgan fingerprint density at radius 1 is 0.196 bits per heavy atom. The van der Waals surface area contributed by atoms with E-state index in [-0.39, 0.29) is 0 Å². The number of hydrogen-bond donors (Lipinski definition) is 0. The minimum atomic E-state index is 1.14. The number of nitrogens with zero attached hydrogens (tertiary/aromatic N) is 2. The number of rotatable bonds is 6. The summed E-state index contributed by atoms with van der Waals surface area (Å²) in [7, 11) is 0. The molecule has 0 atom stereocenters. The number of hydrogen-bond acceptors (Lipinski definition) is 0. The Bertz CT molecular complexity index is 2990. The number of fused-ring (bicyclic) bond motifs is 6. The number of para-hydroxylation sites is 2. The summed E-state index contributed by atoms with van der Waals surface area (Å²) in [6, 6.07) is 79.3. The third-order valence-electron chi connectivity index (χ3n) is 11.3. The van der Waals surface area contributed by atoms with E-state index in [4.69, 9.17) is 0 Å². The zero-order valence-corrected chi connectivity index (χ0v) is 30.7. The molecule has 0 saturated carbocycles. The van der Waals surface area contributed by atoms with Crippen molar-refractivity contribution in [2.45, 2.75) is 0 Å². The van der Waals surface area contributed by atoms with E-state index >= 15 is 0 Å². The van der Waals surface area contributed by atoms with Crippen LogP contribution in [0.5, 0.6) is 0 Å². The van der Waals surface area contributed by atoms with E-state index in [9.17, 15) is 0 Å². The summed E-state index contributed by atoms with van der Waals surface area (Å²) >= 11 is 0. The molecule has 0 fully saturated rings. The lowest BCUT2D eigenvalue weighted by Gasteiger charge is -2.12. The van der Waals surface area contributed by atoms with Crippen molar-refractivity contribution < 1.29 is 0 Å². The molecule has 11 aromatic rings. The van der Waals surface area contributed by atoms with Gasteiger partial charge in [-0.15, -0.1) is 0 Å². The fraction of sp³-hybridized carbons (Fsp3) is 0. The average molecular weight is 713 g/mol. The van der Waals surface area contributed by atoms with Crippen LogP contribution < -0.4 is 0 Å². The summed E-state index contributed by atoms with van der Waals surface area (Å²) < 4.78 is 4.86. The standard InChI is InChI=1S/C54H36N2/c1-3-13-37(14-4-1)41-17-11-19-43(33-41)39-25-29-45(30-26-39)55-51-23-9-7-21-47(51)49-35-50-48-22-8-10-24-52(48)56(54(50)36-53(49)55)46-31-27-40(28-32-46)44-20-12-18-42(34-44)38-15-5-2-6-16-38/h1-36H. The Kier molecular flexibility index (Phi) is 7.53. The van der Waals surface area contributed by atoms with E-state index in [1.165, 1.54) is 88.1 Å². The molecule has 0 amide bonds. The lowest BCUT2D eigenvalue weighted by atomic mass is 9.99. The zero-order chi connectivity index (χ0) is 37.0. The second-order valence-electron chi connectivity index (χ2n) is 14.6. The molecule has 0 aliphatic rings. The summed E-state index contributed by atoms with van der Waals surface area (Å²) in [5, 5.41) is 5.01. The van der Waals surface area contributed by atoms with Crippen molar-refractivity contribution in [2.75, 3.05) is 0 Å². The SMILES string of the molecule is c1ccc(-c2cccc(-c3ccc(-n4c5ccccc5c5cc6c7ccccc7n(-c7ccc(-c8cccc(-c9ccccc9)c8)cc7)c6cc54)cc3)c2)cc1. The van der Waals surface area contributed by atoms with Gasteiger partial charge in [0.25, 0.3) is 0 Å². The molecule has 0 saturated heterocycles. The highest BCUT2D eigenvalue weighted by molar-refractivity contribution is 6.19. The van der Waals surface area contributed by atoms with Gasteiger partial charge in [0.15, 0.2) is 0 Å². The van der Waals surface area contributed by atoms with Gasteiger partial charge in [0.05, 0.1) is 22.1 Å². The van der Waals surface area contributed by atoms with Gasteiger partial charge in [-0.05, 0) is 105 Å². The molecular formula is C54H36N2. The smallest absolute Gasteiger partial charge is 0.0562 e. The molecule has 11 rings (SSSR count). The summed E-state index contributed by atoms with van der Waals surface area (Å²) in [6.45, 7) is 0.